The quantitative estimate of drug-likeness (QED) is 0.859. The van der Waals surface area contributed by atoms with Crippen molar-refractivity contribution in [3.63, 3.8) is 0 Å². The molecule has 2 saturated heterocycles. The molecule has 2 heteroatoms. The molecule has 0 saturated carbocycles. The van der Waals surface area contributed by atoms with Crippen LogP contribution in [0.25, 0.3) is 0 Å². The SMILES string of the molecule is CNC(Cc1ccccc1)C1CC2CCC1O2. The van der Waals surface area contributed by atoms with Crippen LogP contribution in [0.2, 0.25) is 0 Å². The summed E-state index contributed by atoms with van der Waals surface area (Å²) in [6, 6.07) is 11.3. The zero-order valence-corrected chi connectivity index (χ0v) is 10.4. The molecule has 2 bridgehead atoms. The molecule has 2 fully saturated rings. The Morgan fingerprint density at radius 3 is 2.71 bits per heavy atom. The van der Waals surface area contributed by atoms with Crippen LogP contribution in [-0.4, -0.2) is 25.3 Å². The lowest BCUT2D eigenvalue weighted by molar-refractivity contribution is 0.0863. The average Bonchev–Trinajstić information content (AvgIpc) is 2.99. The first-order chi connectivity index (χ1) is 8.36. The topological polar surface area (TPSA) is 21.3 Å². The third-order valence-corrected chi connectivity index (χ3v) is 4.34. The van der Waals surface area contributed by atoms with Crippen molar-refractivity contribution in [2.75, 3.05) is 7.05 Å². The summed E-state index contributed by atoms with van der Waals surface area (Å²) in [7, 11) is 2.08. The highest BCUT2D eigenvalue weighted by molar-refractivity contribution is 5.16. The van der Waals surface area contributed by atoms with E-state index >= 15 is 0 Å². The van der Waals surface area contributed by atoms with Crippen molar-refractivity contribution in [3.05, 3.63) is 35.9 Å². The summed E-state index contributed by atoms with van der Waals surface area (Å²) in [5.74, 6) is 0.707. The third-order valence-electron chi connectivity index (χ3n) is 4.34. The summed E-state index contributed by atoms with van der Waals surface area (Å²) >= 11 is 0. The van der Waals surface area contributed by atoms with Crippen LogP contribution in [0.3, 0.4) is 0 Å². The Bertz CT molecular complexity index is 364. The minimum absolute atomic E-state index is 0.515. The zero-order valence-electron chi connectivity index (χ0n) is 10.4. The smallest absolute Gasteiger partial charge is 0.0623 e. The van der Waals surface area contributed by atoms with Gasteiger partial charge in [-0.1, -0.05) is 30.3 Å². The molecule has 2 aliphatic heterocycles. The van der Waals surface area contributed by atoms with Gasteiger partial charge in [0.05, 0.1) is 12.2 Å². The molecule has 0 radical (unpaired) electrons. The van der Waals surface area contributed by atoms with Crippen molar-refractivity contribution >= 4 is 0 Å². The number of hydrogen-bond donors (Lipinski definition) is 1. The Morgan fingerprint density at radius 1 is 1.29 bits per heavy atom. The summed E-state index contributed by atoms with van der Waals surface area (Å²) in [5, 5.41) is 3.50. The molecule has 1 aromatic rings. The molecule has 0 amide bonds. The first kappa shape index (κ1) is 11.2. The van der Waals surface area contributed by atoms with Gasteiger partial charge in [-0.25, -0.2) is 0 Å². The van der Waals surface area contributed by atoms with Crippen molar-refractivity contribution in [2.24, 2.45) is 5.92 Å². The Kier molecular flexibility index (Phi) is 3.17. The molecule has 0 aromatic heterocycles. The summed E-state index contributed by atoms with van der Waals surface area (Å²) in [5.41, 5.74) is 1.43. The van der Waals surface area contributed by atoms with E-state index in [1.54, 1.807) is 0 Å². The van der Waals surface area contributed by atoms with E-state index in [1.807, 2.05) is 0 Å². The molecule has 1 N–H and O–H groups in total. The van der Waals surface area contributed by atoms with Crippen molar-refractivity contribution < 1.29 is 4.74 Å². The predicted molar refractivity (Wildman–Crippen MR) is 69.0 cm³/mol. The van der Waals surface area contributed by atoms with E-state index < -0.39 is 0 Å². The number of hydrogen-bond acceptors (Lipinski definition) is 2. The number of ether oxygens (including phenoxy) is 1. The molecular weight excluding hydrogens is 210 g/mol. The molecule has 2 heterocycles. The molecular formula is C15H21NO. The van der Waals surface area contributed by atoms with E-state index in [-0.39, 0.29) is 0 Å². The van der Waals surface area contributed by atoms with Crippen LogP contribution in [0, 0.1) is 5.92 Å². The molecule has 1 aromatic carbocycles. The normalized spacial score (nSPS) is 32.9. The molecule has 2 aliphatic rings. The molecule has 17 heavy (non-hydrogen) atoms. The first-order valence-electron chi connectivity index (χ1n) is 6.73. The number of likely N-dealkylation sites (N-methyl/N-ethyl adjacent to an activating group) is 1. The fourth-order valence-electron chi connectivity index (χ4n) is 3.44. The van der Waals surface area contributed by atoms with Gasteiger partial charge in [-0.15, -0.1) is 0 Å². The van der Waals surface area contributed by atoms with Crippen molar-refractivity contribution in [2.45, 2.75) is 43.9 Å². The van der Waals surface area contributed by atoms with Gasteiger partial charge in [0, 0.05) is 12.0 Å². The van der Waals surface area contributed by atoms with Crippen LogP contribution in [0.15, 0.2) is 30.3 Å². The Balaban J connectivity index is 1.68. The average molecular weight is 231 g/mol. The number of fused-ring (bicyclic) bond motifs is 2. The lowest BCUT2D eigenvalue weighted by atomic mass is 9.81. The van der Waals surface area contributed by atoms with E-state index in [2.05, 4.69) is 42.7 Å². The van der Waals surface area contributed by atoms with Gasteiger partial charge in [-0.05, 0) is 38.3 Å². The maximum absolute atomic E-state index is 5.97. The second-order valence-electron chi connectivity index (χ2n) is 5.36. The lowest BCUT2D eigenvalue weighted by Gasteiger charge is -2.28. The van der Waals surface area contributed by atoms with Crippen LogP contribution >= 0.6 is 0 Å². The van der Waals surface area contributed by atoms with Gasteiger partial charge in [0.15, 0.2) is 0 Å². The van der Waals surface area contributed by atoms with E-state index in [9.17, 15) is 0 Å². The van der Waals surface area contributed by atoms with Crippen molar-refractivity contribution in [1.29, 1.82) is 0 Å². The third kappa shape index (κ3) is 2.24. The van der Waals surface area contributed by atoms with Gasteiger partial charge < -0.3 is 10.1 Å². The van der Waals surface area contributed by atoms with Gasteiger partial charge in [0.2, 0.25) is 0 Å². The minimum atomic E-state index is 0.515. The van der Waals surface area contributed by atoms with E-state index in [1.165, 1.54) is 24.8 Å². The summed E-state index contributed by atoms with van der Waals surface area (Å²) < 4.78 is 5.97. The van der Waals surface area contributed by atoms with Crippen LogP contribution in [0.5, 0.6) is 0 Å². The van der Waals surface area contributed by atoms with Crippen LogP contribution in [-0.2, 0) is 11.2 Å². The fraction of sp³-hybridized carbons (Fsp3) is 0.600. The molecule has 3 rings (SSSR count). The molecule has 0 aliphatic carbocycles. The monoisotopic (exact) mass is 231 g/mol. The summed E-state index contributed by atoms with van der Waals surface area (Å²) in [6.45, 7) is 0. The number of nitrogens with one attached hydrogen (secondary N) is 1. The summed E-state index contributed by atoms with van der Waals surface area (Å²) in [4.78, 5) is 0. The van der Waals surface area contributed by atoms with E-state index in [0.717, 1.165) is 6.42 Å². The molecule has 4 unspecified atom stereocenters. The Hall–Kier alpha value is -0.860. The highest BCUT2D eigenvalue weighted by Crippen LogP contribution is 2.40. The number of rotatable bonds is 4. The zero-order chi connectivity index (χ0) is 11.7. The molecule has 2 nitrogen and oxygen atoms in total. The lowest BCUT2D eigenvalue weighted by Crippen LogP contribution is -2.40. The highest BCUT2D eigenvalue weighted by atomic mass is 16.5. The molecule has 92 valence electrons. The van der Waals surface area contributed by atoms with Crippen molar-refractivity contribution in [3.8, 4) is 0 Å². The molecule has 0 spiro atoms. The number of benzene rings is 1. The summed E-state index contributed by atoms with van der Waals surface area (Å²) in [6.07, 6.45) is 5.99. The van der Waals surface area contributed by atoms with Gasteiger partial charge in [-0.3, -0.25) is 0 Å². The second kappa shape index (κ2) is 4.79. The van der Waals surface area contributed by atoms with Gasteiger partial charge in [0.1, 0.15) is 0 Å². The van der Waals surface area contributed by atoms with Crippen molar-refractivity contribution in [1.82, 2.24) is 5.32 Å². The van der Waals surface area contributed by atoms with Gasteiger partial charge in [0.25, 0.3) is 0 Å². The van der Waals surface area contributed by atoms with Crippen LogP contribution in [0.4, 0.5) is 0 Å². The Labute approximate surface area is 103 Å². The van der Waals surface area contributed by atoms with Crippen LogP contribution < -0.4 is 5.32 Å². The fourth-order valence-corrected chi connectivity index (χ4v) is 3.44. The molecule has 4 atom stereocenters. The largest absolute Gasteiger partial charge is 0.375 e. The highest BCUT2D eigenvalue weighted by Gasteiger charge is 2.43. The standard InChI is InChI=1S/C15H21NO/c1-16-14(9-11-5-3-2-4-6-11)13-10-12-7-8-15(13)17-12/h2-6,12-16H,7-10H2,1H3. The van der Waals surface area contributed by atoms with Crippen LogP contribution in [0.1, 0.15) is 24.8 Å². The predicted octanol–water partition coefficient (Wildman–Crippen LogP) is 2.38. The minimum Gasteiger partial charge on any atom is -0.375 e. The van der Waals surface area contributed by atoms with Gasteiger partial charge in [-0.2, -0.15) is 0 Å². The maximum Gasteiger partial charge on any atom is 0.0623 e. The first-order valence-corrected chi connectivity index (χ1v) is 6.73. The van der Waals surface area contributed by atoms with E-state index in [4.69, 9.17) is 4.74 Å². The van der Waals surface area contributed by atoms with Gasteiger partial charge >= 0.3 is 0 Å². The maximum atomic E-state index is 5.97. The second-order valence-corrected chi connectivity index (χ2v) is 5.36. The van der Waals surface area contributed by atoms with E-state index in [0.29, 0.717) is 24.2 Å². The Morgan fingerprint density at radius 2 is 2.12 bits per heavy atom.